The molecule has 0 saturated carbocycles. The van der Waals surface area contributed by atoms with E-state index in [4.69, 9.17) is 18.9 Å². The number of hydrogen-bond acceptors (Lipinski definition) is 15. The lowest BCUT2D eigenvalue weighted by molar-refractivity contribution is -0.326. The molecule has 0 radical (unpaired) electrons. The smallest absolute Gasteiger partial charge is 0.407 e. The van der Waals surface area contributed by atoms with Gasteiger partial charge in [0.1, 0.15) is 55.9 Å². The Morgan fingerprint density at radius 3 is 2.10 bits per heavy atom. The average Bonchev–Trinajstić information content (AvgIpc) is 2.93. The van der Waals surface area contributed by atoms with Gasteiger partial charge in [-0.2, -0.15) is 0 Å². The lowest BCUT2D eigenvalue weighted by atomic mass is 9.98. The summed E-state index contributed by atoms with van der Waals surface area (Å²) in [5, 5.41) is 84.0. The van der Waals surface area contributed by atoms with Crippen LogP contribution >= 0.6 is 0 Å². The van der Waals surface area contributed by atoms with Crippen LogP contribution in [0.15, 0.2) is 12.2 Å². The maximum absolute atomic E-state index is 12.3. The molecule has 1 aliphatic rings. The molecular weight excluding hydrogens is 544 g/mol. The van der Waals surface area contributed by atoms with Crippen LogP contribution in [0.1, 0.15) is 19.8 Å². The third kappa shape index (κ3) is 11.2. The third-order valence-corrected chi connectivity index (χ3v) is 5.70. The van der Waals surface area contributed by atoms with E-state index < -0.39 is 86.3 Å². The van der Waals surface area contributed by atoms with Gasteiger partial charge in [-0.1, -0.05) is 6.58 Å². The minimum absolute atomic E-state index is 0.0109. The molecule has 0 aliphatic carbocycles. The Hall–Kier alpha value is -2.45. The molecule has 0 aromatic rings. The number of esters is 1. The average molecular weight is 585 g/mol. The van der Waals surface area contributed by atoms with Gasteiger partial charge in [0.05, 0.1) is 13.2 Å². The number of amides is 2. The van der Waals surface area contributed by atoms with E-state index in [1.165, 1.54) is 6.92 Å². The molecule has 232 valence electrons. The predicted octanol–water partition coefficient (Wildman–Crippen LogP) is -5.01. The first kappa shape index (κ1) is 35.6. The summed E-state index contributed by atoms with van der Waals surface area (Å²) in [6.45, 7) is 2.99. The molecule has 1 heterocycles. The molecule has 40 heavy (non-hydrogen) atoms. The Morgan fingerprint density at radius 1 is 0.925 bits per heavy atom. The van der Waals surface area contributed by atoms with Crippen molar-refractivity contribution in [3.05, 3.63) is 12.2 Å². The first-order valence-electron chi connectivity index (χ1n) is 12.5. The minimum Gasteiger partial charge on any atom is -0.459 e. The van der Waals surface area contributed by atoms with Gasteiger partial charge in [-0.05, 0) is 19.8 Å². The van der Waals surface area contributed by atoms with Crippen molar-refractivity contribution in [2.24, 2.45) is 0 Å². The van der Waals surface area contributed by atoms with E-state index in [2.05, 4.69) is 17.2 Å². The van der Waals surface area contributed by atoms with E-state index >= 15 is 0 Å². The van der Waals surface area contributed by atoms with E-state index in [1.54, 1.807) is 0 Å². The summed E-state index contributed by atoms with van der Waals surface area (Å²) >= 11 is 0. The molecule has 1 rings (SSSR count). The van der Waals surface area contributed by atoms with Crippen LogP contribution in [0.25, 0.3) is 0 Å². The molecule has 0 bridgehead atoms. The van der Waals surface area contributed by atoms with Gasteiger partial charge in [0.2, 0.25) is 0 Å². The van der Waals surface area contributed by atoms with E-state index in [0.717, 1.165) is 0 Å². The number of hydrogen-bond donors (Lipinski definition) is 10. The standard InChI is InChI=1S/C23H40N2O15/c1-11(2)21(35)37-7-8-38-23(36)25-6-4-3-5-24-20(34)17(32)16(31)19(12(28)9-26)40-22-18(33)15(30)14(29)13(10-27)39-22/h12-19,22,26-33H,1,3-10H2,2H3,(H,24,34)(H,25,36)/t12-,13-,14+,15+,16-,17-,18-,19-,22+/m1/s1. The monoisotopic (exact) mass is 584 g/mol. The summed E-state index contributed by atoms with van der Waals surface area (Å²) in [6, 6.07) is 0. The second-order valence-electron chi connectivity index (χ2n) is 8.96. The Morgan fingerprint density at radius 2 is 1.52 bits per heavy atom. The molecule has 0 spiro atoms. The number of rotatable bonds is 17. The second kappa shape index (κ2) is 18.1. The van der Waals surface area contributed by atoms with Crippen LogP contribution in [0.5, 0.6) is 0 Å². The van der Waals surface area contributed by atoms with Gasteiger partial charge in [0.15, 0.2) is 12.4 Å². The number of aliphatic hydroxyl groups excluding tert-OH is 8. The van der Waals surface area contributed by atoms with Gasteiger partial charge in [-0.3, -0.25) is 4.79 Å². The molecule has 10 N–H and O–H groups in total. The molecule has 9 atom stereocenters. The van der Waals surface area contributed by atoms with Crippen LogP contribution in [0.3, 0.4) is 0 Å². The van der Waals surface area contributed by atoms with Crippen molar-refractivity contribution < 1.29 is 74.2 Å². The molecule has 0 aromatic heterocycles. The summed E-state index contributed by atoms with van der Waals surface area (Å²) in [7, 11) is 0. The molecular formula is C23H40N2O15. The summed E-state index contributed by atoms with van der Waals surface area (Å²) in [5.74, 6) is -1.68. The maximum Gasteiger partial charge on any atom is 0.407 e. The largest absolute Gasteiger partial charge is 0.459 e. The highest BCUT2D eigenvalue weighted by molar-refractivity contribution is 5.86. The fourth-order valence-corrected chi connectivity index (χ4v) is 3.37. The maximum atomic E-state index is 12.3. The molecule has 1 saturated heterocycles. The number of alkyl carbamates (subject to hydrolysis) is 1. The zero-order valence-corrected chi connectivity index (χ0v) is 22.0. The van der Waals surface area contributed by atoms with Gasteiger partial charge >= 0.3 is 12.1 Å². The van der Waals surface area contributed by atoms with Crippen molar-refractivity contribution in [2.75, 3.05) is 39.5 Å². The molecule has 1 aliphatic heterocycles. The number of carbonyl (C=O) groups excluding carboxylic acids is 3. The number of ether oxygens (including phenoxy) is 4. The summed E-state index contributed by atoms with van der Waals surface area (Å²) in [5.41, 5.74) is 0.211. The lowest BCUT2D eigenvalue weighted by Gasteiger charge is -2.42. The Balaban J connectivity index is 2.45. The molecule has 17 nitrogen and oxygen atoms in total. The molecule has 1 fully saturated rings. The van der Waals surface area contributed by atoms with Crippen LogP contribution < -0.4 is 10.6 Å². The zero-order valence-electron chi connectivity index (χ0n) is 22.0. The van der Waals surface area contributed by atoms with Crippen molar-refractivity contribution in [3.63, 3.8) is 0 Å². The Bertz CT molecular complexity index is 813. The molecule has 17 heteroatoms. The Kier molecular flexibility index (Phi) is 16.1. The Labute approximate surface area is 229 Å². The fourth-order valence-electron chi connectivity index (χ4n) is 3.37. The fraction of sp³-hybridized carbons (Fsp3) is 0.783. The van der Waals surface area contributed by atoms with Crippen LogP contribution in [0.2, 0.25) is 0 Å². The van der Waals surface area contributed by atoms with E-state index in [0.29, 0.717) is 12.8 Å². The molecule has 2 amide bonds. The van der Waals surface area contributed by atoms with Gasteiger partial charge in [0, 0.05) is 18.7 Å². The second-order valence-corrected chi connectivity index (χ2v) is 8.96. The van der Waals surface area contributed by atoms with E-state index in [1.807, 2.05) is 0 Å². The van der Waals surface area contributed by atoms with Crippen molar-refractivity contribution in [1.29, 1.82) is 0 Å². The lowest BCUT2D eigenvalue weighted by Crippen LogP contribution is -2.62. The molecule has 0 unspecified atom stereocenters. The number of nitrogens with one attached hydrogen (secondary N) is 2. The van der Waals surface area contributed by atoms with Gasteiger partial charge in [-0.15, -0.1) is 0 Å². The normalized spacial score (nSPS) is 25.7. The predicted molar refractivity (Wildman–Crippen MR) is 131 cm³/mol. The molecule has 0 aromatic carbocycles. The summed E-state index contributed by atoms with van der Waals surface area (Å²) in [6.07, 6.45) is -16.8. The third-order valence-electron chi connectivity index (χ3n) is 5.70. The van der Waals surface area contributed by atoms with Crippen molar-refractivity contribution >= 4 is 18.0 Å². The van der Waals surface area contributed by atoms with E-state index in [9.17, 15) is 55.2 Å². The quantitative estimate of drug-likeness (QED) is 0.0435. The topological polar surface area (TPSA) is 274 Å². The number of unbranched alkanes of at least 4 members (excludes halogenated alkanes) is 1. The minimum atomic E-state index is -2.18. The van der Waals surface area contributed by atoms with Gasteiger partial charge in [-0.25, -0.2) is 9.59 Å². The van der Waals surface area contributed by atoms with Crippen LogP contribution in [0, 0.1) is 0 Å². The van der Waals surface area contributed by atoms with Crippen LogP contribution in [-0.4, -0.2) is 153 Å². The van der Waals surface area contributed by atoms with Crippen molar-refractivity contribution in [1.82, 2.24) is 10.6 Å². The SMILES string of the molecule is C=C(C)C(=O)OCCOC(=O)NCCCCNC(=O)[C@H](O)[C@@H](O)[C@H](O[C@@H]1O[C@H](CO)[C@H](O)[C@H](O)[C@H]1O)[C@H](O)CO. The first-order valence-corrected chi connectivity index (χ1v) is 12.5. The van der Waals surface area contributed by atoms with Gasteiger partial charge in [0.25, 0.3) is 5.91 Å². The van der Waals surface area contributed by atoms with Gasteiger partial charge < -0.3 is 70.4 Å². The number of aliphatic hydroxyl groups is 8. The highest BCUT2D eigenvalue weighted by atomic mass is 16.7. The number of carbonyl (C=O) groups is 3. The summed E-state index contributed by atoms with van der Waals surface area (Å²) < 4.78 is 19.9. The van der Waals surface area contributed by atoms with E-state index in [-0.39, 0.29) is 31.9 Å². The van der Waals surface area contributed by atoms with Crippen molar-refractivity contribution in [3.8, 4) is 0 Å². The van der Waals surface area contributed by atoms with Crippen molar-refractivity contribution in [2.45, 2.75) is 74.9 Å². The highest BCUT2D eigenvalue weighted by Gasteiger charge is 2.47. The summed E-state index contributed by atoms with van der Waals surface area (Å²) in [4.78, 5) is 35.1. The first-order chi connectivity index (χ1) is 18.8. The van der Waals surface area contributed by atoms with Crippen LogP contribution in [-0.2, 0) is 28.5 Å². The van der Waals surface area contributed by atoms with Crippen LogP contribution in [0.4, 0.5) is 4.79 Å². The highest BCUT2D eigenvalue weighted by Crippen LogP contribution is 2.25. The zero-order chi connectivity index (χ0) is 30.4.